The fourth-order valence-corrected chi connectivity index (χ4v) is 1.48. The van der Waals surface area contributed by atoms with Crippen LogP contribution in [0.4, 0.5) is 14.5 Å². The van der Waals surface area contributed by atoms with E-state index in [1.165, 1.54) is 18.3 Å². The highest BCUT2D eigenvalue weighted by Crippen LogP contribution is 2.09. The number of hydrogen-bond donors (Lipinski definition) is 2. The lowest BCUT2D eigenvalue weighted by Gasteiger charge is -2.06. The van der Waals surface area contributed by atoms with E-state index in [-0.39, 0.29) is 17.8 Å². The van der Waals surface area contributed by atoms with Crippen LogP contribution in [0.25, 0.3) is 0 Å². The van der Waals surface area contributed by atoms with Crippen molar-refractivity contribution in [1.82, 2.24) is 10.3 Å². The van der Waals surface area contributed by atoms with Crippen LogP contribution in [0.5, 0.6) is 0 Å². The summed E-state index contributed by atoms with van der Waals surface area (Å²) in [5.74, 6) is -1.62. The molecule has 0 radical (unpaired) electrons. The number of anilines is 1. The molecule has 2 aromatic rings. The minimum atomic E-state index is -0.577. The third-order valence-electron chi connectivity index (χ3n) is 2.47. The van der Waals surface area contributed by atoms with Gasteiger partial charge in [0.15, 0.2) is 0 Å². The van der Waals surface area contributed by atoms with Crippen molar-refractivity contribution in [3.8, 4) is 0 Å². The van der Waals surface area contributed by atoms with Gasteiger partial charge in [-0.05, 0) is 30.3 Å². The van der Waals surface area contributed by atoms with Gasteiger partial charge in [0.2, 0.25) is 0 Å². The molecular formula is C13H11F2N3O. The van der Waals surface area contributed by atoms with Crippen LogP contribution in [-0.2, 0) is 6.54 Å². The Bertz CT molecular complexity index is 599. The van der Waals surface area contributed by atoms with E-state index >= 15 is 0 Å². The van der Waals surface area contributed by atoms with Gasteiger partial charge < -0.3 is 11.1 Å². The van der Waals surface area contributed by atoms with Crippen LogP contribution < -0.4 is 11.1 Å². The molecule has 0 bridgehead atoms. The van der Waals surface area contributed by atoms with E-state index in [1.54, 1.807) is 0 Å². The molecular weight excluding hydrogens is 252 g/mol. The van der Waals surface area contributed by atoms with Gasteiger partial charge in [-0.2, -0.15) is 0 Å². The highest BCUT2D eigenvalue weighted by molar-refractivity contribution is 5.92. The fraction of sp³-hybridized carbons (Fsp3) is 0.0769. The number of rotatable bonds is 3. The van der Waals surface area contributed by atoms with E-state index in [9.17, 15) is 13.6 Å². The zero-order valence-corrected chi connectivity index (χ0v) is 9.86. The summed E-state index contributed by atoms with van der Waals surface area (Å²) in [6, 6.07) is 6.05. The molecule has 3 N–H and O–H groups in total. The van der Waals surface area contributed by atoms with Crippen LogP contribution in [0, 0.1) is 11.6 Å². The smallest absolute Gasteiger partial charge is 0.270 e. The number of carbonyl (C=O) groups excluding carboxylic acids is 1. The zero-order chi connectivity index (χ0) is 13.8. The Balaban J connectivity index is 2.04. The lowest BCUT2D eigenvalue weighted by Crippen LogP contribution is -2.24. The molecule has 0 aliphatic carbocycles. The Kier molecular flexibility index (Phi) is 3.70. The molecule has 0 saturated carbocycles. The summed E-state index contributed by atoms with van der Waals surface area (Å²) in [6.45, 7) is -0.117. The quantitative estimate of drug-likeness (QED) is 0.888. The lowest BCUT2D eigenvalue weighted by molar-refractivity contribution is 0.0945. The summed E-state index contributed by atoms with van der Waals surface area (Å²) >= 11 is 0. The molecule has 0 aliphatic heterocycles. The number of nitrogens with one attached hydrogen (secondary N) is 1. The molecule has 0 unspecified atom stereocenters. The Hall–Kier alpha value is -2.50. The number of pyridine rings is 1. The molecule has 1 heterocycles. The summed E-state index contributed by atoms with van der Waals surface area (Å²) in [5, 5.41) is 2.45. The number of benzene rings is 1. The maximum Gasteiger partial charge on any atom is 0.270 e. The van der Waals surface area contributed by atoms with E-state index in [1.807, 2.05) is 0 Å². The van der Waals surface area contributed by atoms with Crippen molar-refractivity contribution in [2.75, 3.05) is 5.73 Å². The summed E-state index contributed by atoms with van der Waals surface area (Å²) in [5.41, 5.74) is 6.11. The molecule has 1 amide bonds. The predicted molar refractivity (Wildman–Crippen MR) is 66.2 cm³/mol. The second-order valence-corrected chi connectivity index (χ2v) is 3.90. The molecule has 98 valence electrons. The molecule has 2 rings (SSSR count). The number of nitrogen functional groups attached to an aromatic ring is 1. The number of nitrogens with zero attached hydrogens (tertiary/aromatic N) is 1. The number of aromatic nitrogens is 1. The first-order chi connectivity index (χ1) is 9.06. The molecule has 19 heavy (non-hydrogen) atoms. The number of nitrogens with two attached hydrogens (primary N) is 1. The number of hydrogen-bond acceptors (Lipinski definition) is 3. The van der Waals surface area contributed by atoms with Crippen LogP contribution in [0.2, 0.25) is 0 Å². The molecule has 1 aromatic heterocycles. The normalized spacial score (nSPS) is 10.2. The third-order valence-corrected chi connectivity index (χ3v) is 2.47. The molecule has 0 fully saturated rings. The third kappa shape index (κ3) is 3.25. The second kappa shape index (κ2) is 5.43. The fourth-order valence-electron chi connectivity index (χ4n) is 1.48. The first-order valence-electron chi connectivity index (χ1n) is 5.50. The van der Waals surface area contributed by atoms with Crippen LogP contribution in [0.3, 0.4) is 0 Å². The minimum absolute atomic E-state index is 0.0730. The molecule has 6 heteroatoms. The number of carbonyl (C=O) groups is 1. The van der Waals surface area contributed by atoms with Crippen LogP contribution >= 0.6 is 0 Å². The Morgan fingerprint density at radius 1 is 1.26 bits per heavy atom. The van der Waals surface area contributed by atoms with Gasteiger partial charge in [0.05, 0.1) is 11.9 Å². The standard InChI is InChI=1S/C13H11F2N3O/c14-9-1-3-11(15)8(5-9)6-18-13(19)12-4-2-10(16)7-17-12/h1-5,7H,6,16H2,(H,18,19). The lowest BCUT2D eigenvalue weighted by atomic mass is 10.2. The first kappa shape index (κ1) is 12.9. The van der Waals surface area contributed by atoms with Crippen molar-refractivity contribution < 1.29 is 13.6 Å². The van der Waals surface area contributed by atoms with Gasteiger partial charge in [0.25, 0.3) is 5.91 Å². The van der Waals surface area contributed by atoms with Crippen molar-refractivity contribution in [3.05, 3.63) is 59.4 Å². The van der Waals surface area contributed by atoms with Gasteiger partial charge in [-0.25, -0.2) is 13.8 Å². The highest BCUT2D eigenvalue weighted by Gasteiger charge is 2.09. The van der Waals surface area contributed by atoms with Crippen molar-refractivity contribution in [1.29, 1.82) is 0 Å². The van der Waals surface area contributed by atoms with Gasteiger partial charge in [-0.3, -0.25) is 4.79 Å². The van der Waals surface area contributed by atoms with E-state index in [0.717, 1.165) is 18.2 Å². The second-order valence-electron chi connectivity index (χ2n) is 3.90. The summed E-state index contributed by atoms with van der Waals surface area (Å²) in [6.07, 6.45) is 1.34. The largest absolute Gasteiger partial charge is 0.397 e. The maximum atomic E-state index is 13.3. The van der Waals surface area contributed by atoms with E-state index < -0.39 is 17.5 Å². The number of amides is 1. The van der Waals surface area contributed by atoms with E-state index in [2.05, 4.69) is 10.3 Å². The van der Waals surface area contributed by atoms with Gasteiger partial charge in [0.1, 0.15) is 17.3 Å². The van der Waals surface area contributed by atoms with Crippen molar-refractivity contribution in [2.24, 2.45) is 0 Å². The molecule has 0 saturated heterocycles. The van der Waals surface area contributed by atoms with Gasteiger partial charge in [0, 0.05) is 12.1 Å². The average molecular weight is 263 g/mol. The monoisotopic (exact) mass is 263 g/mol. The van der Waals surface area contributed by atoms with Crippen LogP contribution in [0.15, 0.2) is 36.5 Å². The van der Waals surface area contributed by atoms with E-state index in [4.69, 9.17) is 5.73 Å². The van der Waals surface area contributed by atoms with Gasteiger partial charge in [-0.15, -0.1) is 0 Å². The minimum Gasteiger partial charge on any atom is -0.397 e. The van der Waals surface area contributed by atoms with Crippen LogP contribution in [-0.4, -0.2) is 10.9 Å². The molecule has 1 aromatic carbocycles. The Morgan fingerprint density at radius 3 is 2.74 bits per heavy atom. The molecule has 0 spiro atoms. The topological polar surface area (TPSA) is 68.0 Å². The summed E-state index contributed by atoms with van der Waals surface area (Å²) in [4.78, 5) is 15.5. The van der Waals surface area contributed by atoms with Crippen molar-refractivity contribution >= 4 is 11.6 Å². The molecule has 4 nitrogen and oxygen atoms in total. The molecule has 0 atom stereocenters. The van der Waals surface area contributed by atoms with Crippen molar-refractivity contribution in [3.63, 3.8) is 0 Å². The van der Waals surface area contributed by atoms with Gasteiger partial charge >= 0.3 is 0 Å². The SMILES string of the molecule is Nc1ccc(C(=O)NCc2cc(F)ccc2F)nc1. The van der Waals surface area contributed by atoms with Gasteiger partial charge in [-0.1, -0.05) is 0 Å². The first-order valence-corrected chi connectivity index (χ1v) is 5.50. The Morgan fingerprint density at radius 2 is 2.05 bits per heavy atom. The average Bonchev–Trinajstić information content (AvgIpc) is 2.40. The van der Waals surface area contributed by atoms with Crippen molar-refractivity contribution in [2.45, 2.75) is 6.54 Å². The van der Waals surface area contributed by atoms with Crippen LogP contribution in [0.1, 0.15) is 16.1 Å². The maximum absolute atomic E-state index is 13.3. The molecule has 0 aliphatic rings. The van der Waals surface area contributed by atoms with E-state index in [0.29, 0.717) is 5.69 Å². The summed E-state index contributed by atoms with van der Waals surface area (Å²) < 4.78 is 26.3. The summed E-state index contributed by atoms with van der Waals surface area (Å²) in [7, 11) is 0. The Labute approximate surface area is 108 Å². The highest BCUT2D eigenvalue weighted by atomic mass is 19.1. The predicted octanol–water partition coefficient (Wildman–Crippen LogP) is 1.87. The number of halogens is 2. The zero-order valence-electron chi connectivity index (χ0n) is 9.86.